The number of thiophene rings is 1. The zero-order chi connectivity index (χ0) is 20.1. The lowest BCUT2D eigenvalue weighted by atomic mass is 10.0. The van der Waals surface area contributed by atoms with E-state index in [9.17, 15) is 4.79 Å². The number of nitrogens with one attached hydrogen (secondary N) is 1. The molecule has 9 heteroatoms. The van der Waals surface area contributed by atoms with E-state index in [2.05, 4.69) is 15.1 Å². The first kappa shape index (κ1) is 20.9. The highest BCUT2D eigenvalue weighted by Crippen LogP contribution is 2.50. The van der Waals surface area contributed by atoms with Crippen molar-refractivity contribution in [2.45, 2.75) is 6.42 Å². The normalized spacial score (nSPS) is 14.0. The molecule has 2 heterocycles. The Morgan fingerprint density at radius 1 is 1.36 bits per heavy atom. The Labute approximate surface area is 177 Å². The average molecular weight is 440 g/mol. The van der Waals surface area contributed by atoms with Gasteiger partial charge in [-0.15, -0.1) is 11.3 Å². The van der Waals surface area contributed by atoms with E-state index in [1.165, 1.54) is 11.3 Å². The molecule has 1 aromatic carbocycles. The Balaban J connectivity index is 2.11. The number of nitrogens with zero attached hydrogens (tertiary/aromatic N) is 2. The molecule has 1 saturated heterocycles. The van der Waals surface area contributed by atoms with Gasteiger partial charge < -0.3 is 20.1 Å². The molecule has 1 aliphatic heterocycles. The van der Waals surface area contributed by atoms with Crippen LogP contribution in [-0.4, -0.2) is 50.5 Å². The van der Waals surface area contributed by atoms with E-state index in [4.69, 9.17) is 39.6 Å². The van der Waals surface area contributed by atoms with Crippen LogP contribution in [-0.2, 0) is 4.74 Å². The number of benzene rings is 1. The van der Waals surface area contributed by atoms with E-state index < -0.39 is 0 Å². The summed E-state index contributed by atoms with van der Waals surface area (Å²) in [4.78, 5) is 19.1. The van der Waals surface area contributed by atoms with E-state index in [1.54, 1.807) is 18.2 Å². The van der Waals surface area contributed by atoms with Crippen molar-refractivity contribution in [1.29, 1.82) is 0 Å². The fourth-order valence-electron chi connectivity index (χ4n) is 2.96. The van der Waals surface area contributed by atoms with E-state index in [-0.39, 0.29) is 12.5 Å². The fraction of sp³-hybridized carbons (Fsp3) is 0.368. The first-order valence-electron chi connectivity index (χ1n) is 8.78. The van der Waals surface area contributed by atoms with Gasteiger partial charge in [-0.25, -0.2) is 4.85 Å². The Bertz CT molecular complexity index is 905. The number of rotatable bonds is 6. The highest BCUT2D eigenvalue weighted by atomic mass is 35.5. The van der Waals surface area contributed by atoms with Crippen LogP contribution in [0.5, 0.6) is 0 Å². The fourth-order valence-corrected chi connectivity index (χ4v) is 4.68. The lowest BCUT2D eigenvalue weighted by Gasteiger charge is -2.28. The molecular weight excluding hydrogens is 421 g/mol. The molecule has 1 aromatic heterocycles. The largest absolute Gasteiger partial charge is 0.396 e. The van der Waals surface area contributed by atoms with Crippen molar-refractivity contribution in [2.24, 2.45) is 0 Å². The molecule has 1 fully saturated rings. The standard InChI is InChI=1S/C19H19Cl2N3O3S/c1-22-16-15(13-4-3-12(20)11-14(13)21)17(18(26)23-5-2-8-25)28-19(16)24-6-9-27-10-7-24/h3-4,11,25H,2,5-10H2,(H,23,26). The summed E-state index contributed by atoms with van der Waals surface area (Å²) in [7, 11) is 0. The van der Waals surface area contributed by atoms with Crippen LogP contribution in [0.15, 0.2) is 18.2 Å². The van der Waals surface area contributed by atoms with Crippen LogP contribution in [0.25, 0.3) is 16.0 Å². The summed E-state index contributed by atoms with van der Waals surface area (Å²) in [5.74, 6) is -0.288. The number of carbonyl (C=O) groups is 1. The zero-order valence-corrected chi connectivity index (χ0v) is 17.3. The van der Waals surface area contributed by atoms with Gasteiger partial charge >= 0.3 is 0 Å². The number of aliphatic hydroxyl groups is 1. The highest BCUT2D eigenvalue weighted by Gasteiger charge is 2.28. The van der Waals surface area contributed by atoms with Gasteiger partial charge in [0.05, 0.1) is 29.7 Å². The number of amides is 1. The van der Waals surface area contributed by atoms with Gasteiger partial charge in [0, 0.05) is 41.8 Å². The zero-order valence-electron chi connectivity index (χ0n) is 15.0. The predicted octanol–water partition coefficient (Wildman–Crippen LogP) is 4.22. The monoisotopic (exact) mass is 439 g/mol. The van der Waals surface area contributed by atoms with E-state index >= 15 is 0 Å². The van der Waals surface area contributed by atoms with Crippen molar-refractivity contribution in [3.63, 3.8) is 0 Å². The molecule has 0 saturated carbocycles. The molecule has 0 unspecified atom stereocenters. The number of hydrogen-bond donors (Lipinski definition) is 2. The van der Waals surface area contributed by atoms with Crippen molar-refractivity contribution in [3.8, 4) is 11.1 Å². The maximum absolute atomic E-state index is 12.9. The summed E-state index contributed by atoms with van der Waals surface area (Å²) in [5, 5.41) is 13.4. The Hall–Kier alpha value is -1.82. The van der Waals surface area contributed by atoms with Gasteiger partial charge in [0.2, 0.25) is 5.69 Å². The second kappa shape index (κ2) is 9.59. The van der Waals surface area contributed by atoms with Crippen LogP contribution in [0.1, 0.15) is 16.1 Å². The molecule has 1 amide bonds. The number of morpholine rings is 1. The first-order valence-corrected chi connectivity index (χ1v) is 10.4. The lowest BCUT2D eigenvalue weighted by molar-refractivity contribution is 0.0956. The van der Waals surface area contributed by atoms with Crippen LogP contribution >= 0.6 is 34.5 Å². The van der Waals surface area contributed by atoms with Crippen molar-refractivity contribution in [3.05, 3.63) is 44.5 Å². The van der Waals surface area contributed by atoms with Crippen molar-refractivity contribution in [2.75, 3.05) is 44.4 Å². The second-order valence-corrected chi connectivity index (χ2v) is 7.97. The summed E-state index contributed by atoms with van der Waals surface area (Å²) >= 11 is 13.7. The SMILES string of the molecule is [C-]#[N+]c1c(N2CCOCC2)sc(C(=O)NCCCO)c1-c1ccc(Cl)cc1Cl. The third-order valence-electron chi connectivity index (χ3n) is 4.30. The molecule has 6 nitrogen and oxygen atoms in total. The van der Waals surface area contributed by atoms with Crippen LogP contribution in [0, 0.1) is 6.57 Å². The Kier molecular flexibility index (Phi) is 7.16. The minimum atomic E-state index is -0.288. The van der Waals surface area contributed by atoms with Gasteiger partial charge in [-0.05, 0) is 24.1 Å². The molecule has 0 bridgehead atoms. The van der Waals surface area contributed by atoms with Crippen molar-refractivity contribution < 1.29 is 14.6 Å². The summed E-state index contributed by atoms with van der Waals surface area (Å²) in [6.07, 6.45) is 0.458. The van der Waals surface area contributed by atoms with Gasteiger partial charge in [0.15, 0.2) is 0 Å². The number of anilines is 1. The topological polar surface area (TPSA) is 66.2 Å². The smallest absolute Gasteiger partial charge is 0.260 e. The molecule has 2 aromatic rings. The van der Waals surface area contributed by atoms with Crippen molar-refractivity contribution in [1.82, 2.24) is 5.32 Å². The Morgan fingerprint density at radius 2 is 2.11 bits per heavy atom. The predicted molar refractivity (Wildman–Crippen MR) is 113 cm³/mol. The number of aliphatic hydroxyl groups excluding tert-OH is 1. The quantitative estimate of drug-likeness (QED) is 0.522. The summed E-state index contributed by atoms with van der Waals surface area (Å²) in [6, 6.07) is 5.02. The van der Waals surface area contributed by atoms with Gasteiger partial charge in [-0.2, -0.15) is 0 Å². The van der Waals surface area contributed by atoms with E-state index in [1.807, 2.05) is 0 Å². The summed E-state index contributed by atoms with van der Waals surface area (Å²) in [5.41, 5.74) is 1.52. The average Bonchev–Trinajstić information content (AvgIpc) is 3.08. The second-order valence-electron chi connectivity index (χ2n) is 6.13. The lowest BCUT2D eigenvalue weighted by Crippen LogP contribution is -2.35. The Morgan fingerprint density at radius 3 is 2.75 bits per heavy atom. The van der Waals surface area contributed by atoms with Crippen LogP contribution < -0.4 is 10.2 Å². The molecule has 28 heavy (non-hydrogen) atoms. The third kappa shape index (κ3) is 4.43. The molecular formula is C19H19Cl2N3O3S. The van der Waals surface area contributed by atoms with E-state index in [0.29, 0.717) is 71.0 Å². The molecule has 148 valence electrons. The molecule has 3 rings (SSSR count). The molecule has 0 radical (unpaired) electrons. The third-order valence-corrected chi connectivity index (χ3v) is 6.09. The molecule has 0 spiro atoms. The maximum atomic E-state index is 12.9. The van der Waals surface area contributed by atoms with Gasteiger partial charge in [-0.3, -0.25) is 4.79 Å². The van der Waals surface area contributed by atoms with Gasteiger partial charge in [-0.1, -0.05) is 29.3 Å². The highest BCUT2D eigenvalue weighted by molar-refractivity contribution is 7.19. The summed E-state index contributed by atoms with van der Waals surface area (Å²) < 4.78 is 5.41. The van der Waals surface area contributed by atoms with Crippen LogP contribution in [0.4, 0.5) is 10.7 Å². The molecule has 0 aliphatic carbocycles. The molecule has 0 atom stereocenters. The minimum Gasteiger partial charge on any atom is -0.396 e. The maximum Gasteiger partial charge on any atom is 0.260 e. The number of halogens is 2. The minimum absolute atomic E-state index is 0.00702. The first-order chi connectivity index (χ1) is 13.6. The van der Waals surface area contributed by atoms with Crippen molar-refractivity contribution >= 4 is 51.1 Å². The molecule has 1 aliphatic rings. The number of ether oxygens (including phenoxy) is 1. The van der Waals surface area contributed by atoms with Crippen LogP contribution in [0.2, 0.25) is 10.0 Å². The van der Waals surface area contributed by atoms with Crippen LogP contribution in [0.3, 0.4) is 0 Å². The van der Waals surface area contributed by atoms with E-state index in [0.717, 1.165) is 5.00 Å². The number of carbonyl (C=O) groups excluding carboxylic acids is 1. The van der Waals surface area contributed by atoms with Gasteiger partial charge in [0.25, 0.3) is 5.91 Å². The number of hydrogen-bond acceptors (Lipinski definition) is 5. The molecule has 2 N–H and O–H groups in total. The summed E-state index contributed by atoms with van der Waals surface area (Å²) in [6.45, 7) is 10.6. The van der Waals surface area contributed by atoms with Gasteiger partial charge in [0.1, 0.15) is 0 Å².